The maximum Gasteiger partial charge on any atom is 0.338 e. The van der Waals surface area contributed by atoms with Gasteiger partial charge in [-0.25, -0.2) is 4.79 Å². The quantitative estimate of drug-likeness (QED) is 0.835. The highest BCUT2D eigenvalue weighted by Crippen LogP contribution is 2.30. The second-order valence-electron chi connectivity index (χ2n) is 5.99. The van der Waals surface area contributed by atoms with E-state index in [2.05, 4.69) is 5.32 Å². The molecule has 26 heavy (non-hydrogen) atoms. The van der Waals surface area contributed by atoms with Gasteiger partial charge in [-0.3, -0.25) is 4.79 Å². The number of benzene rings is 2. The first-order valence-electron chi connectivity index (χ1n) is 8.54. The van der Waals surface area contributed by atoms with E-state index in [1.54, 1.807) is 18.2 Å². The number of ether oxygens (including phenoxy) is 3. The first-order chi connectivity index (χ1) is 12.6. The van der Waals surface area contributed by atoms with Gasteiger partial charge in [-0.15, -0.1) is 0 Å². The minimum Gasteiger partial charge on any atom is -0.490 e. The maximum absolute atomic E-state index is 12.2. The topological polar surface area (TPSA) is 73.9 Å². The van der Waals surface area contributed by atoms with Gasteiger partial charge in [0.15, 0.2) is 18.1 Å². The van der Waals surface area contributed by atoms with Gasteiger partial charge >= 0.3 is 5.97 Å². The van der Waals surface area contributed by atoms with E-state index in [4.69, 9.17) is 14.2 Å². The lowest BCUT2D eigenvalue weighted by molar-refractivity contribution is -0.124. The van der Waals surface area contributed by atoms with Crippen molar-refractivity contribution < 1.29 is 23.8 Å². The summed E-state index contributed by atoms with van der Waals surface area (Å²) in [4.78, 5) is 24.2. The van der Waals surface area contributed by atoms with Gasteiger partial charge in [0, 0.05) is 6.42 Å². The number of carbonyl (C=O) groups is 2. The summed E-state index contributed by atoms with van der Waals surface area (Å²) in [5, 5.41) is 2.80. The average molecular weight is 355 g/mol. The zero-order chi connectivity index (χ0) is 18.4. The molecule has 0 saturated heterocycles. The van der Waals surface area contributed by atoms with Crippen molar-refractivity contribution in [1.82, 2.24) is 5.32 Å². The second-order valence-corrected chi connectivity index (χ2v) is 5.99. The Labute approximate surface area is 152 Å². The van der Waals surface area contributed by atoms with Crippen LogP contribution in [0.4, 0.5) is 0 Å². The third-order valence-electron chi connectivity index (χ3n) is 3.99. The Balaban J connectivity index is 1.53. The normalized spacial score (nSPS) is 14.0. The fraction of sp³-hybridized carbons (Fsp3) is 0.300. The fourth-order valence-electron chi connectivity index (χ4n) is 2.61. The van der Waals surface area contributed by atoms with Crippen LogP contribution in [0, 0.1) is 0 Å². The summed E-state index contributed by atoms with van der Waals surface area (Å²) in [6, 6.07) is 14.3. The first-order valence-corrected chi connectivity index (χ1v) is 8.54. The number of nitrogens with one attached hydrogen (secondary N) is 1. The molecule has 1 heterocycles. The van der Waals surface area contributed by atoms with Crippen molar-refractivity contribution in [2.24, 2.45) is 0 Å². The summed E-state index contributed by atoms with van der Waals surface area (Å²) >= 11 is 0. The SMILES string of the molecule is CC(NC(=O)COC(=O)c1ccc2c(c1)OCCCO2)c1ccccc1. The van der Waals surface area contributed by atoms with E-state index in [0.717, 1.165) is 12.0 Å². The molecule has 6 nitrogen and oxygen atoms in total. The van der Waals surface area contributed by atoms with E-state index >= 15 is 0 Å². The molecule has 1 unspecified atom stereocenters. The predicted octanol–water partition coefficient (Wildman–Crippen LogP) is 2.88. The van der Waals surface area contributed by atoms with Crippen molar-refractivity contribution in [3.63, 3.8) is 0 Å². The number of fused-ring (bicyclic) bond motifs is 1. The molecule has 2 aromatic carbocycles. The Morgan fingerprint density at radius 3 is 2.58 bits per heavy atom. The van der Waals surface area contributed by atoms with Gasteiger partial charge in [0.2, 0.25) is 0 Å². The monoisotopic (exact) mass is 355 g/mol. The molecular formula is C20H21NO5. The summed E-state index contributed by atoms with van der Waals surface area (Å²) in [5.74, 6) is 0.180. The van der Waals surface area contributed by atoms with E-state index in [-0.39, 0.29) is 18.6 Å². The van der Waals surface area contributed by atoms with Gasteiger partial charge in [0.1, 0.15) is 0 Å². The molecule has 0 fully saturated rings. The fourth-order valence-corrected chi connectivity index (χ4v) is 2.61. The molecule has 1 aliphatic heterocycles. The number of hydrogen-bond donors (Lipinski definition) is 1. The van der Waals surface area contributed by atoms with Gasteiger partial charge in [-0.05, 0) is 30.7 Å². The molecule has 3 rings (SSSR count). The van der Waals surface area contributed by atoms with Crippen LogP contribution in [0.3, 0.4) is 0 Å². The minimum absolute atomic E-state index is 0.166. The van der Waals surface area contributed by atoms with Gasteiger partial charge in [0.25, 0.3) is 5.91 Å². The van der Waals surface area contributed by atoms with Crippen LogP contribution in [0.1, 0.15) is 35.3 Å². The molecule has 0 spiro atoms. The molecule has 1 aliphatic rings. The highest BCUT2D eigenvalue weighted by atomic mass is 16.5. The van der Waals surface area contributed by atoms with Gasteiger partial charge in [-0.1, -0.05) is 30.3 Å². The molecule has 136 valence electrons. The van der Waals surface area contributed by atoms with Crippen LogP contribution in [0.25, 0.3) is 0 Å². The molecule has 0 aromatic heterocycles. The van der Waals surface area contributed by atoms with Gasteiger partial charge in [0.05, 0.1) is 24.8 Å². The summed E-state index contributed by atoms with van der Waals surface area (Å²) in [6.45, 7) is 2.64. The lowest BCUT2D eigenvalue weighted by atomic mass is 10.1. The molecule has 0 aliphatic carbocycles. The van der Waals surface area contributed by atoms with Crippen molar-refractivity contribution in [1.29, 1.82) is 0 Å². The Morgan fingerprint density at radius 2 is 1.81 bits per heavy atom. The number of amides is 1. The van der Waals surface area contributed by atoms with E-state index in [9.17, 15) is 9.59 Å². The van der Waals surface area contributed by atoms with Crippen molar-refractivity contribution in [2.45, 2.75) is 19.4 Å². The third-order valence-corrected chi connectivity index (χ3v) is 3.99. The summed E-state index contributed by atoms with van der Waals surface area (Å²) < 4.78 is 16.2. The standard InChI is InChI=1S/C20H21NO5/c1-14(15-6-3-2-4-7-15)21-19(22)13-26-20(23)16-8-9-17-18(12-16)25-11-5-10-24-17/h2-4,6-9,12,14H,5,10-11,13H2,1H3,(H,21,22). The Kier molecular flexibility index (Phi) is 5.73. The number of hydrogen-bond acceptors (Lipinski definition) is 5. The van der Waals surface area contributed by atoms with Crippen molar-refractivity contribution >= 4 is 11.9 Å². The minimum atomic E-state index is -0.580. The zero-order valence-corrected chi connectivity index (χ0v) is 14.6. The van der Waals surface area contributed by atoms with Crippen LogP contribution in [0.2, 0.25) is 0 Å². The summed E-state index contributed by atoms with van der Waals surface area (Å²) in [6.07, 6.45) is 0.786. The van der Waals surface area contributed by atoms with Crippen LogP contribution in [0.5, 0.6) is 11.5 Å². The van der Waals surface area contributed by atoms with Gasteiger partial charge < -0.3 is 19.5 Å². The Bertz CT molecular complexity index is 775. The highest BCUT2D eigenvalue weighted by molar-refractivity contribution is 5.92. The van der Waals surface area contributed by atoms with E-state index in [1.165, 1.54) is 0 Å². The maximum atomic E-state index is 12.2. The Hall–Kier alpha value is -3.02. The van der Waals surface area contributed by atoms with Crippen LogP contribution in [-0.2, 0) is 9.53 Å². The lowest BCUT2D eigenvalue weighted by Crippen LogP contribution is -2.31. The average Bonchev–Trinajstić information content (AvgIpc) is 2.91. The van der Waals surface area contributed by atoms with Crippen LogP contribution < -0.4 is 14.8 Å². The van der Waals surface area contributed by atoms with E-state index < -0.39 is 5.97 Å². The number of carbonyl (C=O) groups excluding carboxylic acids is 2. The number of esters is 1. The predicted molar refractivity (Wildman–Crippen MR) is 95.3 cm³/mol. The van der Waals surface area contributed by atoms with Crippen LogP contribution in [0.15, 0.2) is 48.5 Å². The third kappa shape index (κ3) is 4.53. The van der Waals surface area contributed by atoms with Crippen LogP contribution in [-0.4, -0.2) is 31.7 Å². The molecule has 1 N–H and O–H groups in total. The van der Waals surface area contributed by atoms with E-state index in [0.29, 0.717) is 30.3 Å². The number of rotatable bonds is 5. The molecule has 2 aromatic rings. The summed E-state index contributed by atoms with van der Waals surface area (Å²) in [5.41, 5.74) is 1.30. The zero-order valence-electron chi connectivity index (χ0n) is 14.6. The molecule has 1 atom stereocenters. The highest BCUT2D eigenvalue weighted by Gasteiger charge is 2.16. The first kappa shape index (κ1) is 17.8. The van der Waals surface area contributed by atoms with E-state index in [1.807, 2.05) is 37.3 Å². The smallest absolute Gasteiger partial charge is 0.338 e. The van der Waals surface area contributed by atoms with Gasteiger partial charge in [-0.2, -0.15) is 0 Å². The lowest BCUT2D eigenvalue weighted by Gasteiger charge is -2.14. The molecule has 0 radical (unpaired) electrons. The molecule has 6 heteroatoms. The van der Waals surface area contributed by atoms with Crippen molar-refractivity contribution in [2.75, 3.05) is 19.8 Å². The molecular weight excluding hydrogens is 334 g/mol. The van der Waals surface area contributed by atoms with Crippen molar-refractivity contribution in [3.8, 4) is 11.5 Å². The second kappa shape index (κ2) is 8.38. The van der Waals surface area contributed by atoms with Crippen LogP contribution >= 0.6 is 0 Å². The molecule has 0 saturated carbocycles. The molecule has 0 bridgehead atoms. The largest absolute Gasteiger partial charge is 0.490 e. The summed E-state index contributed by atoms with van der Waals surface area (Å²) in [7, 11) is 0. The molecule has 1 amide bonds. The van der Waals surface area contributed by atoms with Crippen molar-refractivity contribution in [3.05, 3.63) is 59.7 Å². The Morgan fingerprint density at radius 1 is 1.08 bits per heavy atom.